The summed E-state index contributed by atoms with van der Waals surface area (Å²) >= 11 is 0. The number of aromatic nitrogens is 1. The molecule has 5 nitrogen and oxygen atoms in total. The molecule has 0 spiro atoms. The minimum Gasteiger partial charge on any atom is -0.340 e. The molecule has 3 aromatic carbocycles. The van der Waals surface area contributed by atoms with Gasteiger partial charge in [0, 0.05) is 43.5 Å². The molecule has 1 fully saturated rings. The van der Waals surface area contributed by atoms with E-state index in [1.165, 1.54) is 5.56 Å². The Hall–Kier alpha value is -3.44. The van der Waals surface area contributed by atoms with E-state index < -0.39 is 0 Å². The third-order valence-corrected chi connectivity index (χ3v) is 6.36. The van der Waals surface area contributed by atoms with Crippen LogP contribution in [0.1, 0.15) is 12.0 Å². The number of rotatable bonds is 4. The highest BCUT2D eigenvalue weighted by atomic mass is 16.2. The molecule has 0 aliphatic carbocycles. The molecule has 4 aromatic rings. The lowest BCUT2D eigenvalue weighted by molar-refractivity contribution is -0.131. The number of amides is 1. The summed E-state index contributed by atoms with van der Waals surface area (Å²) in [5.41, 5.74) is 2.94. The van der Waals surface area contributed by atoms with E-state index in [0.717, 1.165) is 50.2 Å². The molecule has 1 aliphatic heterocycles. The summed E-state index contributed by atoms with van der Waals surface area (Å²) in [5.74, 6) is 0.102. The van der Waals surface area contributed by atoms with Crippen molar-refractivity contribution in [1.29, 1.82) is 0 Å². The van der Waals surface area contributed by atoms with Gasteiger partial charge in [0.25, 0.3) is 0 Å². The van der Waals surface area contributed by atoms with Crippen molar-refractivity contribution in [3.63, 3.8) is 0 Å². The van der Waals surface area contributed by atoms with E-state index in [-0.39, 0.29) is 17.9 Å². The van der Waals surface area contributed by atoms with Gasteiger partial charge in [0.05, 0.1) is 11.0 Å². The first-order valence-corrected chi connectivity index (χ1v) is 11.2. The second-order valence-corrected chi connectivity index (χ2v) is 8.45. The highest BCUT2D eigenvalue weighted by Crippen LogP contribution is 2.20. The van der Waals surface area contributed by atoms with Crippen LogP contribution in [0.2, 0.25) is 0 Å². The van der Waals surface area contributed by atoms with Gasteiger partial charge in [0.2, 0.25) is 5.91 Å². The number of para-hydroxylation sites is 2. The van der Waals surface area contributed by atoms with Gasteiger partial charge < -0.3 is 9.47 Å². The number of benzene rings is 3. The zero-order valence-corrected chi connectivity index (χ0v) is 18.1. The molecule has 0 atom stereocenters. The van der Waals surface area contributed by atoms with Gasteiger partial charge in [0.1, 0.15) is 6.54 Å². The number of hydrogen-bond acceptors (Lipinski definition) is 3. The Balaban J connectivity index is 1.38. The summed E-state index contributed by atoms with van der Waals surface area (Å²) < 4.78 is 2.00. The number of carbonyl (C=O) groups excluding carboxylic acids is 1. The predicted molar refractivity (Wildman–Crippen MR) is 129 cm³/mol. The summed E-state index contributed by atoms with van der Waals surface area (Å²) in [5, 5.41) is 1.31. The largest absolute Gasteiger partial charge is 0.340 e. The van der Waals surface area contributed by atoms with Crippen LogP contribution in [0.4, 0.5) is 0 Å². The molecule has 5 rings (SSSR count). The average molecular weight is 426 g/mol. The fourth-order valence-electron chi connectivity index (χ4n) is 4.70. The van der Waals surface area contributed by atoms with Gasteiger partial charge in [-0.3, -0.25) is 14.5 Å². The van der Waals surface area contributed by atoms with Crippen LogP contribution in [0.25, 0.3) is 21.8 Å². The van der Waals surface area contributed by atoms with E-state index in [1.54, 1.807) is 0 Å². The van der Waals surface area contributed by atoms with Crippen LogP contribution in [-0.2, 0) is 17.9 Å². The normalized spacial score (nSPS) is 15.2. The second kappa shape index (κ2) is 8.97. The van der Waals surface area contributed by atoms with Crippen molar-refractivity contribution in [3.8, 4) is 0 Å². The Morgan fingerprint density at radius 2 is 1.34 bits per heavy atom. The quantitative estimate of drug-likeness (QED) is 0.466. The Labute approximate surface area is 187 Å². The first-order chi connectivity index (χ1) is 15.7. The lowest BCUT2D eigenvalue weighted by atomic mass is 10.1. The lowest BCUT2D eigenvalue weighted by Crippen LogP contribution is -2.37. The zero-order chi connectivity index (χ0) is 21.9. The molecule has 0 bridgehead atoms. The molecule has 0 saturated carbocycles. The summed E-state index contributed by atoms with van der Waals surface area (Å²) in [6, 6.07) is 25.6. The average Bonchev–Trinajstić information content (AvgIpc) is 3.08. The maximum Gasteiger partial charge on any atom is 0.242 e. The van der Waals surface area contributed by atoms with Gasteiger partial charge in [-0.15, -0.1) is 0 Å². The fraction of sp³-hybridized carbons (Fsp3) is 0.259. The van der Waals surface area contributed by atoms with E-state index in [2.05, 4.69) is 29.2 Å². The fourth-order valence-corrected chi connectivity index (χ4v) is 4.70. The molecule has 1 aromatic heterocycles. The summed E-state index contributed by atoms with van der Waals surface area (Å²) in [4.78, 5) is 30.7. The van der Waals surface area contributed by atoms with Crippen molar-refractivity contribution in [2.24, 2.45) is 0 Å². The molecule has 1 amide bonds. The molecule has 0 unspecified atom stereocenters. The monoisotopic (exact) mass is 425 g/mol. The van der Waals surface area contributed by atoms with Crippen molar-refractivity contribution >= 4 is 27.7 Å². The SMILES string of the molecule is O=C(Cn1c2ccccc2c(=O)c2ccccc21)N1CCCN(Cc2ccccc2)CC1. The summed E-state index contributed by atoms with van der Waals surface area (Å²) in [6.07, 6.45) is 0.963. The maximum atomic E-state index is 13.4. The highest BCUT2D eigenvalue weighted by Gasteiger charge is 2.21. The van der Waals surface area contributed by atoms with E-state index >= 15 is 0 Å². The molecule has 5 heteroatoms. The van der Waals surface area contributed by atoms with Gasteiger partial charge >= 0.3 is 0 Å². The zero-order valence-electron chi connectivity index (χ0n) is 18.1. The number of hydrogen-bond donors (Lipinski definition) is 0. The first-order valence-electron chi connectivity index (χ1n) is 11.2. The second-order valence-electron chi connectivity index (χ2n) is 8.45. The molecule has 162 valence electrons. The van der Waals surface area contributed by atoms with Crippen molar-refractivity contribution in [3.05, 3.63) is 94.6 Å². The van der Waals surface area contributed by atoms with E-state index in [9.17, 15) is 9.59 Å². The van der Waals surface area contributed by atoms with Crippen LogP contribution < -0.4 is 5.43 Å². The number of fused-ring (bicyclic) bond motifs is 2. The molecule has 1 saturated heterocycles. The van der Waals surface area contributed by atoms with Crippen LogP contribution in [-0.4, -0.2) is 46.5 Å². The predicted octanol–water partition coefficient (Wildman–Crippen LogP) is 3.89. The number of carbonyl (C=O) groups is 1. The lowest BCUT2D eigenvalue weighted by Gasteiger charge is -2.23. The van der Waals surface area contributed by atoms with Crippen molar-refractivity contribution in [2.75, 3.05) is 26.2 Å². The topological polar surface area (TPSA) is 45.6 Å². The Bertz CT molecular complexity index is 1250. The van der Waals surface area contributed by atoms with Crippen LogP contribution in [0, 0.1) is 0 Å². The van der Waals surface area contributed by atoms with Gasteiger partial charge in [-0.2, -0.15) is 0 Å². The van der Waals surface area contributed by atoms with Crippen LogP contribution in [0.15, 0.2) is 83.7 Å². The number of pyridine rings is 1. The minimum absolute atomic E-state index is 0.0197. The van der Waals surface area contributed by atoms with Crippen LogP contribution in [0.3, 0.4) is 0 Å². The van der Waals surface area contributed by atoms with Crippen molar-refractivity contribution < 1.29 is 4.79 Å². The molecular formula is C27H27N3O2. The molecule has 1 aliphatic rings. The summed E-state index contributed by atoms with van der Waals surface area (Å²) in [7, 11) is 0. The van der Waals surface area contributed by atoms with E-state index in [1.807, 2.05) is 64.1 Å². The van der Waals surface area contributed by atoms with Gasteiger partial charge in [-0.1, -0.05) is 54.6 Å². The Morgan fingerprint density at radius 1 is 0.719 bits per heavy atom. The van der Waals surface area contributed by atoms with Gasteiger partial charge in [-0.05, 0) is 36.2 Å². The smallest absolute Gasteiger partial charge is 0.242 e. The molecular weight excluding hydrogens is 398 g/mol. The van der Waals surface area contributed by atoms with E-state index in [0.29, 0.717) is 10.8 Å². The minimum atomic E-state index is 0.0197. The summed E-state index contributed by atoms with van der Waals surface area (Å²) in [6.45, 7) is 4.49. The Kier molecular flexibility index (Phi) is 5.73. The van der Waals surface area contributed by atoms with Crippen LogP contribution in [0.5, 0.6) is 0 Å². The molecule has 32 heavy (non-hydrogen) atoms. The molecule has 0 N–H and O–H groups in total. The third kappa shape index (κ3) is 4.04. The number of nitrogens with zero attached hydrogens (tertiary/aromatic N) is 3. The third-order valence-electron chi connectivity index (χ3n) is 6.36. The van der Waals surface area contributed by atoms with Crippen molar-refractivity contribution in [1.82, 2.24) is 14.4 Å². The highest BCUT2D eigenvalue weighted by molar-refractivity contribution is 5.94. The van der Waals surface area contributed by atoms with E-state index in [4.69, 9.17) is 0 Å². The van der Waals surface area contributed by atoms with Gasteiger partial charge in [-0.25, -0.2) is 0 Å². The Morgan fingerprint density at radius 3 is 2.03 bits per heavy atom. The van der Waals surface area contributed by atoms with Gasteiger partial charge in [0.15, 0.2) is 5.43 Å². The van der Waals surface area contributed by atoms with Crippen molar-refractivity contribution in [2.45, 2.75) is 19.5 Å². The first kappa shape index (κ1) is 20.5. The van der Waals surface area contributed by atoms with Crippen LogP contribution >= 0.6 is 0 Å². The molecule has 2 heterocycles. The molecule has 0 radical (unpaired) electrons. The maximum absolute atomic E-state index is 13.4. The standard InChI is InChI=1S/C27H27N3O2/c31-26(29-16-8-15-28(17-18-29)19-21-9-2-1-3-10-21)20-30-24-13-6-4-11-22(24)27(32)23-12-5-7-14-25(23)30/h1-7,9-14H,8,15-20H2.